The van der Waals surface area contributed by atoms with Gasteiger partial charge in [0.2, 0.25) is 12.3 Å². The van der Waals surface area contributed by atoms with Gasteiger partial charge in [0.1, 0.15) is 17.1 Å². The number of aryl methyl sites for hydroxylation is 1. The lowest BCUT2D eigenvalue weighted by molar-refractivity contribution is -0.118. The maximum Gasteiger partial charge on any atom is 0.229 e. The summed E-state index contributed by atoms with van der Waals surface area (Å²) < 4.78 is 34.8. The van der Waals surface area contributed by atoms with E-state index in [0.717, 1.165) is 33.7 Å². The second-order valence-corrected chi connectivity index (χ2v) is 15.6. The van der Waals surface area contributed by atoms with E-state index < -0.39 is 0 Å². The van der Waals surface area contributed by atoms with Gasteiger partial charge in [-0.2, -0.15) is 0 Å². The molecular weight excluding hydrogens is 845 g/mol. The number of nitrogens with one attached hydrogen (secondary N) is 2. The number of ether oxygens (including phenoxy) is 5. The number of nitrogens with two attached hydrogens (primary N) is 2. The highest BCUT2D eigenvalue weighted by Crippen LogP contribution is 2.36. The predicted octanol–water partition coefficient (Wildman–Crippen LogP) is 4.81. The molecule has 0 unspecified atom stereocenters. The summed E-state index contributed by atoms with van der Waals surface area (Å²) in [4.78, 5) is 48.5. The average Bonchev–Trinajstić information content (AvgIpc) is 3.72. The minimum absolute atomic E-state index is 0.109. The van der Waals surface area contributed by atoms with Crippen LogP contribution in [0.1, 0.15) is 28.9 Å². The Bertz CT molecular complexity index is 2650. The predicted molar refractivity (Wildman–Crippen MR) is 254 cm³/mol. The van der Waals surface area contributed by atoms with E-state index in [1.165, 1.54) is 6.07 Å². The van der Waals surface area contributed by atoms with Crippen LogP contribution in [0.2, 0.25) is 0 Å². The van der Waals surface area contributed by atoms with Crippen LogP contribution in [0.15, 0.2) is 100 Å². The third-order valence-corrected chi connectivity index (χ3v) is 11.1. The van der Waals surface area contributed by atoms with Gasteiger partial charge in [-0.3, -0.25) is 14.4 Å². The standard InChI is InChI=1S/C49H58N8O9/c1-34-53-41-16-15-40-43(59)31-44(66-49(40)47(41)54-34)35-11-13-37(14-12-35)55(2)19-21-61-23-25-63-27-29-65-30-28-64-26-24-62-22-20-57(51)48-38-8-4-3-7-36(38)32-56(45(60)17-18-52-33-58)42-10-6-5-9-39(42)46(48)50/h3-16,31,33H,17-30,32,50-51H2,1-2H3,(H,52,58)(H,53,54)/b48-46-. The summed E-state index contributed by atoms with van der Waals surface area (Å²) in [5, 5.41) is 4.66. The largest absolute Gasteiger partial charge is 0.453 e. The molecule has 0 saturated heterocycles. The fraction of sp³-hybridized carbons (Fsp3) is 0.347. The summed E-state index contributed by atoms with van der Waals surface area (Å²) in [6.45, 7) is 7.80. The first kappa shape index (κ1) is 47.4. The van der Waals surface area contributed by atoms with E-state index in [0.29, 0.717) is 137 Å². The second-order valence-electron chi connectivity index (χ2n) is 15.6. The van der Waals surface area contributed by atoms with Crippen molar-refractivity contribution in [2.45, 2.75) is 19.9 Å². The van der Waals surface area contributed by atoms with Crippen LogP contribution in [0.5, 0.6) is 0 Å². The minimum Gasteiger partial charge on any atom is -0.453 e. The van der Waals surface area contributed by atoms with Crippen LogP contribution in [-0.2, 0) is 39.8 Å². The highest BCUT2D eigenvalue weighted by molar-refractivity contribution is 6.02. The van der Waals surface area contributed by atoms with Crippen molar-refractivity contribution in [2.24, 2.45) is 11.6 Å². The molecule has 17 heteroatoms. The Hall–Kier alpha value is -6.60. The molecule has 0 fully saturated rings. The van der Waals surface area contributed by atoms with E-state index in [1.54, 1.807) is 16.0 Å². The maximum absolute atomic E-state index is 13.3. The number of fused-ring (bicyclic) bond motifs is 5. The summed E-state index contributed by atoms with van der Waals surface area (Å²) in [6.07, 6.45) is 0.730. The van der Waals surface area contributed by atoms with Crippen molar-refractivity contribution in [3.05, 3.63) is 124 Å². The number of benzene rings is 4. The Balaban J connectivity index is 0.732. The number of anilines is 2. The fourth-order valence-corrected chi connectivity index (χ4v) is 7.68. The minimum atomic E-state index is -0.135. The summed E-state index contributed by atoms with van der Waals surface area (Å²) in [5.41, 5.74) is 14.7. The van der Waals surface area contributed by atoms with Crippen LogP contribution in [0, 0.1) is 6.92 Å². The van der Waals surface area contributed by atoms with Gasteiger partial charge in [0.05, 0.1) is 107 Å². The first-order valence-electron chi connectivity index (χ1n) is 22.0. The van der Waals surface area contributed by atoms with Gasteiger partial charge in [0.25, 0.3) is 0 Å². The molecule has 0 aliphatic carbocycles. The van der Waals surface area contributed by atoms with Crippen molar-refractivity contribution in [3.8, 4) is 11.3 Å². The molecule has 17 nitrogen and oxygen atoms in total. The van der Waals surface area contributed by atoms with Gasteiger partial charge in [0, 0.05) is 55.0 Å². The Kier molecular flexibility index (Phi) is 16.9. The third-order valence-electron chi connectivity index (χ3n) is 11.1. The number of para-hydroxylation sites is 1. The zero-order valence-electron chi connectivity index (χ0n) is 37.5. The Labute approximate surface area is 383 Å². The second kappa shape index (κ2) is 23.5. The van der Waals surface area contributed by atoms with Gasteiger partial charge in [-0.25, -0.2) is 10.8 Å². The molecule has 4 aromatic carbocycles. The summed E-state index contributed by atoms with van der Waals surface area (Å²) in [6, 6.07) is 28.2. The third kappa shape index (κ3) is 12.0. The van der Waals surface area contributed by atoms with E-state index in [-0.39, 0.29) is 24.3 Å². The molecule has 0 bridgehead atoms. The van der Waals surface area contributed by atoms with Crippen LogP contribution in [-0.4, -0.2) is 120 Å². The lowest BCUT2D eigenvalue weighted by Crippen LogP contribution is -2.38. The van der Waals surface area contributed by atoms with Crippen molar-refractivity contribution >= 4 is 57.1 Å². The van der Waals surface area contributed by atoms with Crippen molar-refractivity contribution in [1.82, 2.24) is 20.3 Å². The number of amides is 2. The normalized spacial score (nSPS) is 13.6. The van der Waals surface area contributed by atoms with E-state index in [1.807, 2.05) is 92.8 Å². The molecule has 1 aliphatic rings. The molecule has 3 heterocycles. The SMILES string of the molecule is Cc1nc2c(ccc3c(=O)cc(-c4ccc(N(C)CCOCCOCCOCCOCCOCCN(N)/C5=C(\N)c6ccccc6N(C(=O)CCNC=O)Cc6ccccc65)cc4)oc32)[nH]1. The number of hydrogen-bond acceptors (Lipinski definition) is 14. The maximum atomic E-state index is 13.3. The van der Waals surface area contributed by atoms with E-state index in [9.17, 15) is 14.4 Å². The number of nitrogens with zero attached hydrogens (tertiary/aromatic N) is 4. The number of hydrazine groups is 1. The average molecular weight is 903 g/mol. The van der Waals surface area contributed by atoms with Crippen molar-refractivity contribution in [1.29, 1.82) is 0 Å². The monoisotopic (exact) mass is 902 g/mol. The van der Waals surface area contributed by atoms with Gasteiger partial charge in [-0.05, 0) is 55.0 Å². The van der Waals surface area contributed by atoms with Gasteiger partial charge in [-0.15, -0.1) is 0 Å². The Morgan fingerprint density at radius 2 is 1.45 bits per heavy atom. The smallest absolute Gasteiger partial charge is 0.229 e. The van der Waals surface area contributed by atoms with Gasteiger partial charge in [-0.1, -0.05) is 42.5 Å². The van der Waals surface area contributed by atoms with Crippen molar-refractivity contribution < 1.29 is 37.7 Å². The van der Waals surface area contributed by atoms with Crippen LogP contribution < -0.4 is 32.1 Å². The van der Waals surface area contributed by atoms with Crippen LogP contribution >= 0.6 is 0 Å². The van der Waals surface area contributed by atoms with Crippen LogP contribution in [0.25, 0.3) is 44.7 Å². The number of carbonyl (C=O) groups excluding carboxylic acids is 2. The number of hydrogen-bond donors (Lipinski definition) is 4. The molecule has 2 amide bonds. The zero-order valence-corrected chi connectivity index (χ0v) is 37.5. The molecule has 6 N–H and O–H groups in total. The number of likely N-dealkylation sites (N-methyl/N-ethyl adjacent to an activating group) is 1. The highest BCUT2D eigenvalue weighted by Gasteiger charge is 2.27. The number of imidazole rings is 1. The Morgan fingerprint density at radius 3 is 2.14 bits per heavy atom. The Morgan fingerprint density at radius 1 is 0.833 bits per heavy atom. The van der Waals surface area contributed by atoms with E-state index >= 15 is 0 Å². The number of aromatic nitrogens is 2. The lowest BCUT2D eigenvalue weighted by Gasteiger charge is -2.33. The van der Waals surface area contributed by atoms with Crippen LogP contribution in [0.3, 0.4) is 0 Å². The van der Waals surface area contributed by atoms with E-state index in [4.69, 9.17) is 39.7 Å². The van der Waals surface area contributed by atoms with Crippen molar-refractivity contribution in [2.75, 3.05) is 103 Å². The quantitative estimate of drug-likeness (QED) is 0.0263. The molecule has 2 aromatic heterocycles. The molecule has 0 atom stereocenters. The number of carbonyl (C=O) groups is 2. The first-order valence-corrected chi connectivity index (χ1v) is 22.0. The number of aromatic amines is 1. The molecular formula is C49H58N8O9. The van der Waals surface area contributed by atoms with Gasteiger partial charge < -0.3 is 58.9 Å². The van der Waals surface area contributed by atoms with Crippen LogP contribution in [0.4, 0.5) is 11.4 Å². The molecule has 348 valence electrons. The van der Waals surface area contributed by atoms with E-state index in [2.05, 4.69) is 20.2 Å². The van der Waals surface area contributed by atoms with Crippen molar-refractivity contribution in [3.63, 3.8) is 0 Å². The topological polar surface area (TPSA) is 213 Å². The summed E-state index contributed by atoms with van der Waals surface area (Å²) in [7, 11) is 2.00. The van der Waals surface area contributed by atoms with Gasteiger partial charge >= 0.3 is 0 Å². The number of H-pyrrole nitrogens is 1. The number of rotatable bonds is 25. The zero-order chi connectivity index (χ0) is 46.3. The highest BCUT2D eigenvalue weighted by atomic mass is 16.6. The summed E-state index contributed by atoms with van der Waals surface area (Å²) >= 11 is 0. The fourth-order valence-electron chi connectivity index (χ4n) is 7.68. The molecule has 0 spiro atoms. The molecule has 6 aromatic rings. The molecule has 7 rings (SSSR count). The lowest BCUT2D eigenvalue weighted by atomic mass is 9.95. The molecule has 66 heavy (non-hydrogen) atoms. The molecule has 0 radical (unpaired) electrons. The first-order chi connectivity index (χ1) is 32.2. The molecule has 1 aliphatic heterocycles. The van der Waals surface area contributed by atoms with Gasteiger partial charge in [0.15, 0.2) is 11.0 Å². The summed E-state index contributed by atoms with van der Waals surface area (Å²) in [5.74, 6) is 7.77. The molecule has 0 saturated carbocycles.